The lowest BCUT2D eigenvalue weighted by molar-refractivity contribution is -0.107. The summed E-state index contributed by atoms with van der Waals surface area (Å²) >= 11 is 0. The van der Waals surface area contributed by atoms with E-state index < -0.39 is 0 Å². The molecule has 0 spiro atoms. The Kier molecular flexibility index (Phi) is 3.92. The van der Waals surface area contributed by atoms with Crippen LogP contribution in [0.1, 0.15) is 28.5 Å². The maximum atomic E-state index is 10.5. The van der Waals surface area contributed by atoms with E-state index in [0.29, 0.717) is 12.3 Å². The van der Waals surface area contributed by atoms with Crippen LogP contribution >= 0.6 is 0 Å². The molecule has 1 aromatic heterocycles. The Morgan fingerprint density at radius 3 is 2.56 bits per heavy atom. The summed E-state index contributed by atoms with van der Waals surface area (Å²) in [5, 5.41) is 0. The third-order valence-electron chi connectivity index (χ3n) is 2.96. The normalized spacial score (nSPS) is 10.6. The number of aromatic nitrogens is 1. The van der Waals surface area contributed by atoms with Gasteiger partial charge in [0.1, 0.15) is 12.0 Å². The maximum Gasteiger partial charge on any atom is 0.194 e. The lowest BCUT2D eigenvalue weighted by Gasteiger charge is -1.99. The van der Waals surface area contributed by atoms with Crippen LogP contribution in [0.3, 0.4) is 0 Å². The summed E-state index contributed by atoms with van der Waals surface area (Å²) in [4.78, 5) is 14.8. The van der Waals surface area contributed by atoms with Crippen LogP contribution in [0.4, 0.5) is 0 Å². The Hall–Kier alpha value is -1.90. The Bertz CT molecular complexity index is 526. The van der Waals surface area contributed by atoms with E-state index in [9.17, 15) is 4.79 Å². The summed E-state index contributed by atoms with van der Waals surface area (Å²) in [5.41, 5.74) is 3.29. The van der Waals surface area contributed by atoms with Crippen LogP contribution in [-0.4, -0.2) is 11.3 Å². The molecule has 0 saturated heterocycles. The minimum Gasteiger partial charge on any atom is -0.446 e. The van der Waals surface area contributed by atoms with Gasteiger partial charge in [-0.15, -0.1) is 0 Å². The van der Waals surface area contributed by atoms with Crippen LogP contribution in [0.25, 0.3) is 0 Å². The summed E-state index contributed by atoms with van der Waals surface area (Å²) in [6, 6.07) is 8.46. The second-order valence-electron chi connectivity index (χ2n) is 4.47. The summed E-state index contributed by atoms with van der Waals surface area (Å²) in [6.07, 6.45) is 2.86. The summed E-state index contributed by atoms with van der Waals surface area (Å²) < 4.78 is 5.54. The van der Waals surface area contributed by atoms with E-state index in [0.717, 1.165) is 30.6 Å². The summed E-state index contributed by atoms with van der Waals surface area (Å²) in [7, 11) is 0. The average Bonchev–Trinajstić information content (AvgIpc) is 2.70. The van der Waals surface area contributed by atoms with Crippen molar-refractivity contribution in [3.05, 3.63) is 52.7 Å². The summed E-state index contributed by atoms with van der Waals surface area (Å²) in [5.74, 6) is 1.46. The molecule has 3 nitrogen and oxygen atoms in total. The minimum atomic E-state index is 0.333. The average molecular weight is 243 g/mol. The van der Waals surface area contributed by atoms with Crippen LogP contribution in [0, 0.1) is 13.8 Å². The van der Waals surface area contributed by atoms with E-state index in [1.807, 2.05) is 6.92 Å². The van der Waals surface area contributed by atoms with E-state index in [4.69, 9.17) is 4.42 Å². The molecule has 0 radical (unpaired) electrons. The second kappa shape index (κ2) is 5.63. The predicted octanol–water partition coefficient (Wildman–Crippen LogP) is 2.82. The first-order valence-electron chi connectivity index (χ1n) is 6.13. The Morgan fingerprint density at radius 2 is 1.89 bits per heavy atom. The van der Waals surface area contributed by atoms with E-state index in [1.165, 1.54) is 11.1 Å². The molecule has 0 aliphatic heterocycles. The van der Waals surface area contributed by atoms with Crippen molar-refractivity contribution in [1.29, 1.82) is 0 Å². The maximum absolute atomic E-state index is 10.5. The molecule has 2 aromatic rings. The van der Waals surface area contributed by atoms with Crippen LogP contribution in [-0.2, 0) is 24.1 Å². The van der Waals surface area contributed by atoms with Gasteiger partial charge in [0.15, 0.2) is 5.89 Å². The molecular formula is C15H17NO2. The number of hydrogen-bond donors (Lipinski definition) is 0. The number of aldehydes is 1. The summed E-state index contributed by atoms with van der Waals surface area (Å²) in [6.45, 7) is 3.92. The predicted molar refractivity (Wildman–Crippen MR) is 69.6 cm³/mol. The van der Waals surface area contributed by atoms with Gasteiger partial charge in [-0.1, -0.05) is 29.8 Å². The molecule has 0 saturated carbocycles. The molecule has 0 amide bonds. The monoisotopic (exact) mass is 243 g/mol. The first kappa shape index (κ1) is 12.6. The van der Waals surface area contributed by atoms with Gasteiger partial charge in [0, 0.05) is 12.8 Å². The van der Waals surface area contributed by atoms with Crippen molar-refractivity contribution >= 4 is 6.29 Å². The number of carbonyl (C=O) groups excluding carboxylic acids is 1. The molecule has 0 unspecified atom stereocenters. The van der Waals surface area contributed by atoms with Gasteiger partial charge >= 0.3 is 0 Å². The van der Waals surface area contributed by atoms with Gasteiger partial charge in [0.2, 0.25) is 0 Å². The van der Waals surface area contributed by atoms with Gasteiger partial charge in [0.05, 0.1) is 5.69 Å². The quantitative estimate of drug-likeness (QED) is 0.758. The first-order valence-corrected chi connectivity index (χ1v) is 6.13. The fourth-order valence-corrected chi connectivity index (χ4v) is 1.87. The number of oxazole rings is 1. The minimum absolute atomic E-state index is 0.333. The van der Waals surface area contributed by atoms with Crippen molar-refractivity contribution in [2.45, 2.75) is 33.1 Å². The van der Waals surface area contributed by atoms with Gasteiger partial charge in [-0.3, -0.25) is 0 Å². The molecule has 0 aliphatic carbocycles. The number of benzene rings is 1. The van der Waals surface area contributed by atoms with Crippen molar-refractivity contribution in [2.75, 3.05) is 0 Å². The zero-order valence-corrected chi connectivity index (χ0v) is 10.8. The van der Waals surface area contributed by atoms with Crippen LogP contribution in [0.15, 0.2) is 28.7 Å². The zero-order valence-electron chi connectivity index (χ0n) is 10.8. The lowest BCUT2D eigenvalue weighted by atomic mass is 10.1. The molecule has 1 aromatic carbocycles. The fraction of sp³-hybridized carbons (Fsp3) is 0.333. The second-order valence-corrected chi connectivity index (χ2v) is 4.47. The topological polar surface area (TPSA) is 43.1 Å². The first-order chi connectivity index (χ1) is 8.69. The molecule has 0 aliphatic rings. The van der Waals surface area contributed by atoms with Gasteiger partial charge in [-0.25, -0.2) is 4.98 Å². The van der Waals surface area contributed by atoms with E-state index in [2.05, 4.69) is 36.2 Å². The van der Waals surface area contributed by atoms with Crippen molar-refractivity contribution in [2.24, 2.45) is 0 Å². The third-order valence-corrected chi connectivity index (χ3v) is 2.96. The highest BCUT2D eigenvalue weighted by molar-refractivity contribution is 5.54. The number of aryl methyl sites for hydroxylation is 4. The van der Waals surface area contributed by atoms with E-state index >= 15 is 0 Å². The highest BCUT2D eigenvalue weighted by Gasteiger charge is 2.08. The number of carbonyl (C=O) groups is 1. The molecule has 0 N–H and O–H groups in total. The third kappa shape index (κ3) is 3.06. The van der Waals surface area contributed by atoms with Crippen molar-refractivity contribution in [3.63, 3.8) is 0 Å². The Morgan fingerprint density at radius 1 is 1.17 bits per heavy atom. The Labute approximate surface area is 107 Å². The molecule has 2 rings (SSSR count). The highest BCUT2D eigenvalue weighted by atomic mass is 16.4. The number of rotatable bonds is 5. The smallest absolute Gasteiger partial charge is 0.194 e. The molecule has 0 atom stereocenters. The molecular weight excluding hydrogens is 226 g/mol. The van der Waals surface area contributed by atoms with Gasteiger partial charge in [-0.2, -0.15) is 0 Å². The molecule has 0 bridgehead atoms. The number of nitrogens with zero attached hydrogens (tertiary/aromatic N) is 1. The van der Waals surface area contributed by atoms with Gasteiger partial charge < -0.3 is 9.21 Å². The van der Waals surface area contributed by atoms with Crippen molar-refractivity contribution in [3.8, 4) is 0 Å². The Balaban J connectivity index is 1.99. The number of hydrogen-bond acceptors (Lipinski definition) is 3. The fourth-order valence-electron chi connectivity index (χ4n) is 1.87. The molecule has 3 heteroatoms. The standard InChI is InChI=1S/C15H17NO2/c1-11-3-5-13(6-4-11)7-8-15-16-14(9-10-17)12(2)18-15/h3-6,10H,7-9H2,1-2H3. The largest absolute Gasteiger partial charge is 0.446 e. The van der Waals surface area contributed by atoms with E-state index in [-0.39, 0.29) is 0 Å². The highest BCUT2D eigenvalue weighted by Crippen LogP contribution is 2.13. The van der Waals surface area contributed by atoms with Gasteiger partial charge in [-0.05, 0) is 25.8 Å². The van der Waals surface area contributed by atoms with Crippen molar-refractivity contribution < 1.29 is 9.21 Å². The van der Waals surface area contributed by atoms with Crippen LogP contribution in [0.5, 0.6) is 0 Å². The molecule has 0 fully saturated rings. The van der Waals surface area contributed by atoms with Crippen molar-refractivity contribution in [1.82, 2.24) is 4.98 Å². The van der Waals surface area contributed by atoms with Crippen LogP contribution in [0.2, 0.25) is 0 Å². The molecule has 1 heterocycles. The van der Waals surface area contributed by atoms with Gasteiger partial charge in [0.25, 0.3) is 0 Å². The van der Waals surface area contributed by atoms with Crippen LogP contribution < -0.4 is 0 Å². The molecule has 94 valence electrons. The SMILES string of the molecule is Cc1ccc(CCc2nc(CC=O)c(C)o2)cc1. The molecule has 18 heavy (non-hydrogen) atoms. The zero-order chi connectivity index (χ0) is 13.0. The lowest BCUT2D eigenvalue weighted by Crippen LogP contribution is -1.93. The van der Waals surface area contributed by atoms with E-state index in [1.54, 1.807) is 0 Å².